The van der Waals surface area contributed by atoms with Gasteiger partial charge < -0.3 is 9.64 Å². The summed E-state index contributed by atoms with van der Waals surface area (Å²) in [6.45, 7) is 0. The number of ether oxygens (including phenoxy) is 1. The second kappa shape index (κ2) is 6.22. The van der Waals surface area contributed by atoms with Gasteiger partial charge in [0.25, 0.3) is 0 Å². The molecule has 1 amide bonds. The summed E-state index contributed by atoms with van der Waals surface area (Å²) in [5.41, 5.74) is 1.36. The van der Waals surface area contributed by atoms with Gasteiger partial charge in [-0.3, -0.25) is 0 Å². The lowest BCUT2D eigenvalue weighted by atomic mass is 10.2. The Morgan fingerprint density at radius 2 is 1.74 bits per heavy atom. The molecule has 0 aliphatic carbocycles. The molecule has 0 spiro atoms. The molecular weight excluding hydrogens is 314 g/mol. The molecule has 0 saturated heterocycles. The van der Waals surface area contributed by atoms with E-state index < -0.39 is 6.09 Å². The van der Waals surface area contributed by atoms with Crippen molar-refractivity contribution in [1.82, 2.24) is 14.9 Å². The lowest BCUT2D eigenvalue weighted by Gasteiger charge is -2.13. The molecule has 23 heavy (non-hydrogen) atoms. The predicted octanol–water partition coefficient (Wildman–Crippen LogP) is 4.01. The van der Waals surface area contributed by atoms with Crippen molar-refractivity contribution < 1.29 is 9.53 Å². The zero-order chi connectivity index (χ0) is 16.4. The summed E-state index contributed by atoms with van der Waals surface area (Å²) in [6, 6.07) is 14.6. The molecular formula is C17H14ClN3O2. The molecule has 0 unspecified atom stereocenters. The molecule has 6 heteroatoms. The molecule has 0 radical (unpaired) electrons. The second-order valence-corrected chi connectivity index (χ2v) is 5.52. The average Bonchev–Trinajstić information content (AvgIpc) is 2.55. The van der Waals surface area contributed by atoms with E-state index in [1.54, 1.807) is 20.2 Å². The van der Waals surface area contributed by atoms with E-state index in [9.17, 15) is 4.79 Å². The highest BCUT2D eigenvalue weighted by Crippen LogP contribution is 2.30. The molecule has 1 aromatic heterocycles. The fraction of sp³-hybridized carbons (Fsp3) is 0.118. The maximum atomic E-state index is 11.9. The second-order valence-electron chi connectivity index (χ2n) is 5.11. The molecule has 1 heterocycles. The highest BCUT2D eigenvalue weighted by atomic mass is 35.5. The van der Waals surface area contributed by atoms with Gasteiger partial charge in [0, 0.05) is 19.7 Å². The molecule has 0 atom stereocenters. The van der Waals surface area contributed by atoms with Crippen LogP contribution in [-0.2, 0) is 0 Å². The number of halogens is 1. The largest absolute Gasteiger partial charge is 0.416 e. The Balaban J connectivity index is 2.18. The number of hydrogen-bond acceptors (Lipinski definition) is 4. The molecule has 116 valence electrons. The molecule has 0 fully saturated rings. The summed E-state index contributed by atoms with van der Waals surface area (Å²) in [5.74, 6) is 0.625. The molecule has 0 N–H and O–H groups in total. The smallest absolute Gasteiger partial charge is 0.390 e. The normalized spacial score (nSPS) is 10.6. The number of rotatable bonds is 2. The van der Waals surface area contributed by atoms with Crippen molar-refractivity contribution in [3.8, 4) is 17.3 Å². The topological polar surface area (TPSA) is 55.3 Å². The highest BCUT2D eigenvalue weighted by molar-refractivity contribution is 6.33. The van der Waals surface area contributed by atoms with Crippen LogP contribution in [0.25, 0.3) is 22.3 Å². The van der Waals surface area contributed by atoms with Crippen molar-refractivity contribution in [2.24, 2.45) is 0 Å². The van der Waals surface area contributed by atoms with Gasteiger partial charge in [0.15, 0.2) is 5.82 Å². The first-order chi connectivity index (χ1) is 11.1. The number of aromatic nitrogens is 2. The van der Waals surface area contributed by atoms with Crippen molar-refractivity contribution in [3.63, 3.8) is 0 Å². The van der Waals surface area contributed by atoms with Crippen LogP contribution in [0.3, 0.4) is 0 Å². The maximum absolute atomic E-state index is 11.9. The van der Waals surface area contributed by atoms with Crippen LogP contribution in [0.1, 0.15) is 0 Å². The molecule has 0 aliphatic rings. The Morgan fingerprint density at radius 1 is 1.04 bits per heavy atom. The molecule has 0 saturated carbocycles. The summed E-state index contributed by atoms with van der Waals surface area (Å²) in [5, 5.41) is 1.20. The number of nitrogens with zero attached hydrogens (tertiary/aromatic N) is 3. The summed E-state index contributed by atoms with van der Waals surface area (Å²) in [6.07, 6.45) is -0.501. The van der Waals surface area contributed by atoms with E-state index in [1.165, 1.54) is 4.90 Å². The third-order valence-corrected chi connectivity index (χ3v) is 3.56. The van der Waals surface area contributed by atoms with Crippen LogP contribution in [0.15, 0.2) is 48.5 Å². The zero-order valence-corrected chi connectivity index (χ0v) is 13.4. The minimum atomic E-state index is -0.501. The maximum Gasteiger partial charge on any atom is 0.416 e. The number of benzene rings is 2. The number of amides is 1. The molecule has 2 aromatic carbocycles. The number of fused-ring (bicyclic) bond motifs is 1. The predicted molar refractivity (Wildman–Crippen MR) is 89.7 cm³/mol. The number of carbonyl (C=O) groups excluding carboxylic acids is 1. The fourth-order valence-corrected chi connectivity index (χ4v) is 2.28. The summed E-state index contributed by atoms with van der Waals surface area (Å²) in [4.78, 5) is 22.1. The molecule has 3 aromatic rings. The Hall–Kier alpha value is -2.66. The van der Waals surface area contributed by atoms with E-state index in [2.05, 4.69) is 9.97 Å². The van der Waals surface area contributed by atoms with Crippen molar-refractivity contribution in [3.05, 3.63) is 53.6 Å². The van der Waals surface area contributed by atoms with Crippen molar-refractivity contribution in [1.29, 1.82) is 0 Å². The van der Waals surface area contributed by atoms with Gasteiger partial charge in [-0.05, 0) is 24.3 Å². The molecule has 3 rings (SSSR count). The fourth-order valence-electron chi connectivity index (χ4n) is 2.06. The van der Waals surface area contributed by atoms with Gasteiger partial charge in [0.1, 0.15) is 0 Å². The first-order valence-electron chi connectivity index (χ1n) is 6.97. The van der Waals surface area contributed by atoms with Gasteiger partial charge in [-0.25, -0.2) is 9.78 Å². The Kier molecular flexibility index (Phi) is 4.12. The number of hydrogen-bond donors (Lipinski definition) is 0. The van der Waals surface area contributed by atoms with Gasteiger partial charge >= 0.3 is 6.09 Å². The van der Waals surface area contributed by atoms with Crippen molar-refractivity contribution >= 4 is 28.6 Å². The van der Waals surface area contributed by atoms with Gasteiger partial charge in [-0.1, -0.05) is 35.9 Å². The van der Waals surface area contributed by atoms with Crippen molar-refractivity contribution in [2.75, 3.05) is 14.1 Å². The summed E-state index contributed by atoms with van der Waals surface area (Å²) < 4.78 is 5.38. The minimum Gasteiger partial charge on any atom is -0.390 e. The monoisotopic (exact) mass is 327 g/mol. The molecule has 0 aliphatic heterocycles. The average molecular weight is 328 g/mol. The third-order valence-electron chi connectivity index (χ3n) is 3.23. The Morgan fingerprint density at radius 3 is 2.48 bits per heavy atom. The summed E-state index contributed by atoms with van der Waals surface area (Å²) >= 11 is 6.22. The van der Waals surface area contributed by atoms with Crippen LogP contribution in [0.5, 0.6) is 5.88 Å². The first kappa shape index (κ1) is 15.2. The minimum absolute atomic E-state index is 0.212. The third kappa shape index (κ3) is 3.10. The van der Waals surface area contributed by atoms with Crippen LogP contribution in [0.2, 0.25) is 5.02 Å². The van der Waals surface area contributed by atoms with Crippen molar-refractivity contribution in [2.45, 2.75) is 0 Å². The lowest BCUT2D eigenvalue weighted by Crippen LogP contribution is -2.25. The lowest BCUT2D eigenvalue weighted by molar-refractivity contribution is 0.170. The van der Waals surface area contributed by atoms with Crippen LogP contribution >= 0.6 is 11.6 Å². The number of carbonyl (C=O) groups is 1. The standard InChI is InChI=1S/C17H14ClN3O2/c1-21(2)17(22)23-16-12-8-4-6-10-14(12)19-15(20-16)11-7-3-5-9-13(11)18/h3-10H,1-2H3. The van der Waals surface area contributed by atoms with Gasteiger partial charge in [-0.15, -0.1) is 0 Å². The highest BCUT2D eigenvalue weighted by Gasteiger charge is 2.15. The van der Waals surface area contributed by atoms with E-state index in [0.29, 0.717) is 27.3 Å². The van der Waals surface area contributed by atoms with Crippen LogP contribution < -0.4 is 4.74 Å². The zero-order valence-electron chi connectivity index (χ0n) is 12.7. The Labute approximate surface area is 138 Å². The quantitative estimate of drug-likeness (QED) is 0.713. The van der Waals surface area contributed by atoms with Gasteiger partial charge in [0.05, 0.1) is 15.9 Å². The van der Waals surface area contributed by atoms with Gasteiger partial charge in [0.2, 0.25) is 5.88 Å². The SMILES string of the molecule is CN(C)C(=O)Oc1nc(-c2ccccc2Cl)nc2ccccc12. The van der Waals surface area contributed by atoms with Crippen LogP contribution in [0, 0.1) is 0 Å². The van der Waals surface area contributed by atoms with E-state index >= 15 is 0 Å². The van der Waals surface area contributed by atoms with Gasteiger partial charge in [-0.2, -0.15) is 4.98 Å². The Bertz CT molecular complexity index is 881. The van der Waals surface area contributed by atoms with Crippen LogP contribution in [-0.4, -0.2) is 35.1 Å². The first-order valence-corrected chi connectivity index (χ1v) is 7.35. The molecule has 5 nitrogen and oxygen atoms in total. The molecule has 0 bridgehead atoms. The van der Waals surface area contributed by atoms with Crippen LogP contribution in [0.4, 0.5) is 4.79 Å². The summed E-state index contributed by atoms with van der Waals surface area (Å²) in [7, 11) is 3.22. The van der Waals surface area contributed by atoms with E-state index in [-0.39, 0.29) is 5.88 Å². The number of para-hydroxylation sites is 1. The van der Waals surface area contributed by atoms with E-state index in [4.69, 9.17) is 16.3 Å². The van der Waals surface area contributed by atoms with E-state index in [1.807, 2.05) is 42.5 Å². The van der Waals surface area contributed by atoms with E-state index in [0.717, 1.165) is 0 Å².